The number of carbonyl (C=O) groups is 1. The van der Waals surface area contributed by atoms with Gasteiger partial charge in [-0.25, -0.2) is 14.8 Å². The number of aromatic nitrogens is 3. The number of hydrogen-bond acceptors (Lipinski definition) is 7. The molecule has 7 heteroatoms. The minimum atomic E-state index is -0.511. The van der Waals surface area contributed by atoms with Crippen molar-refractivity contribution < 1.29 is 9.53 Å². The van der Waals surface area contributed by atoms with Crippen molar-refractivity contribution in [2.45, 2.75) is 0 Å². The van der Waals surface area contributed by atoms with Crippen molar-refractivity contribution in [3.63, 3.8) is 0 Å². The number of thiazole rings is 1. The largest absolute Gasteiger partial charge is 0.464 e. The normalized spacial score (nSPS) is 10.1. The maximum atomic E-state index is 11.1. The Morgan fingerprint density at radius 1 is 1.31 bits per heavy atom. The van der Waals surface area contributed by atoms with E-state index in [2.05, 4.69) is 19.7 Å². The molecule has 0 aliphatic heterocycles. The minimum absolute atomic E-state index is 0.170. The number of anilines is 1. The molecule has 0 spiro atoms. The first-order valence-electron chi connectivity index (χ1n) is 4.32. The molecular weight excluding hydrogens is 228 g/mol. The van der Waals surface area contributed by atoms with Gasteiger partial charge in [-0.1, -0.05) is 11.3 Å². The zero-order valence-corrected chi connectivity index (χ0v) is 9.19. The topological polar surface area (TPSA) is 91.0 Å². The predicted molar refractivity (Wildman–Crippen MR) is 58.9 cm³/mol. The maximum absolute atomic E-state index is 11.1. The lowest BCUT2D eigenvalue weighted by Crippen LogP contribution is -2.04. The highest BCUT2D eigenvalue weighted by atomic mass is 32.1. The molecule has 0 atom stereocenters. The monoisotopic (exact) mass is 236 g/mol. The summed E-state index contributed by atoms with van der Waals surface area (Å²) in [7, 11) is 1.29. The summed E-state index contributed by atoms with van der Waals surface area (Å²) in [6.45, 7) is 0. The summed E-state index contributed by atoms with van der Waals surface area (Å²) in [5.41, 5.74) is 6.30. The van der Waals surface area contributed by atoms with E-state index < -0.39 is 5.97 Å². The highest BCUT2D eigenvalue weighted by molar-refractivity contribution is 7.18. The average molecular weight is 236 g/mol. The third kappa shape index (κ3) is 1.98. The van der Waals surface area contributed by atoms with Crippen LogP contribution in [0.4, 0.5) is 5.13 Å². The molecule has 2 rings (SSSR count). The Labute approximate surface area is 95.1 Å². The summed E-state index contributed by atoms with van der Waals surface area (Å²) in [4.78, 5) is 23.8. The van der Waals surface area contributed by atoms with Gasteiger partial charge >= 0.3 is 5.97 Å². The Kier molecular flexibility index (Phi) is 2.78. The fourth-order valence-electron chi connectivity index (χ4n) is 1.07. The summed E-state index contributed by atoms with van der Waals surface area (Å²) in [6.07, 6.45) is 4.46. The molecule has 0 amide bonds. The van der Waals surface area contributed by atoms with Gasteiger partial charge in [0.15, 0.2) is 10.8 Å². The molecule has 2 aromatic heterocycles. The van der Waals surface area contributed by atoms with Gasteiger partial charge < -0.3 is 10.5 Å². The van der Waals surface area contributed by atoms with E-state index in [-0.39, 0.29) is 5.69 Å². The van der Waals surface area contributed by atoms with E-state index in [1.807, 2.05) is 0 Å². The van der Waals surface area contributed by atoms with Crippen molar-refractivity contribution in [1.82, 2.24) is 15.0 Å². The van der Waals surface area contributed by atoms with Crippen molar-refractivity contribution in [3.05, 3.63) is 24.3 Å². The summed E-state index contributed by atoms with van der Waals surface area (Å²) >= 11 is 1.31. The van der Waals surface area contributed by atoms with Crippen LogP contribution in [-0.4, -0.2) is 28.0 Å². The first kappa shape index (κ1) is 10.5. The van der Waals surface area contributed by atoms with E-state index in [0.717, 1.165) is 4.88 Å². The fourth-order valence-corrected chi connectivity index (χ4v) is 1.72. The van der Waals surface area contributed by atoms with Crippen LogP contribution in [0.2, 0.25) is 0 Å². The first-order chi connectivity index (χ1) is 7.70. The van der Waals surface area contributed by atoms with Crippen LogP contribution < -0.4 is 5.73 Å². The second kappa shape index (κ2) is 4.23. The Hall–Kier alpha value is -2.02. The van der Waals surface area contributed by atoms with Crippen LogP contribution in [0.25, 0.3) is 10.6 Å². The predicted octanol–water partition coefficient (Wildman–Crippen LogP) is 0.969. The Balaban J connectivity index is 2.29. The average Bonchev–Trinajstić information content (AvgIpc) is 2.75. The number of methoxy groups -OCH3 is 1. The van der Waals surface area contributed by atoms with Gasteiger partial charge in [0, 0.05) is 6.20 Å². The van der Waals surface area contributed by atoms with Crippen LogP contribution in [0.15, 0.2) is 18.6 Å². The molecule has 0 aliphatic carbocycles. The molecule has 2 heterocycles. The second-order valence-corrected chi connectivity index (χ2v) is 3.90. The molecule has 0 aromatic carbocycles. The Bertz CT molecular complexity index is 508. The van der Waals surface area contributed by atoms with Crippen molar-refractivity contribution in [1.29, 1.82) is 0 Å². The lowest BCUT2D eigenvalue weighted by Gasteiger charge is -1.98. The second-order valence-electron chi connectivity index (χ2n) is 2.84. The molecule has 16 heavy (non-hydrogen) atoms. The van der Waals surface area contributed by atoms with Crippen molar-refractivity contribution in [3.8, 4) is 10.6 Å². The van der Waals surface area contributed by atoms with Gasteiger partial charge in [0.1, 0.15) is 5.69 Å². The van der Waals surface area contributed by atoms with Gasteiger partial charge in [-0.15, -0.1) is 0 Å². The number of ether oxygens (including phenoxy) is 1. The van der Waals surface area contributed by atoms with Gasteiger partial charge in [-0.2, -0.15) is 0 Å². The van der Waals surface area contributed by atoms with E-state index in [9.17, 15) is 4.79 Å². The highest BCUT2D eigenvalue weighted by Gasteiger charge is 2.09. The van der Waals surface area contributed by atoms with E-state index in [0.29, 0.717) is 10.8 Å². The standard InChI is InChI=1S/C9H8N4O2S/c1-15-8(14)6-3-11-5(2-12-6)7-4-13-9(10)16-7/h2-4H,1H3,(H2,10,13). The summed E-state index contributed by atoms with van der Waals surface area (Å²) < 4.78 is 4.51. The van der Waals surface area contributed by atoms with Gasteiger partial charge in [0.25, 0.3) is 0 Å². The number of nitrogen functional groups attached to an aromatic ring is 1. The lowest BCUT2D eigenvalue weighted by atomic mass is 10.4. The van der Waals surface area contributed by atoms with Crippen molar-refractivity contribution in [2.75, 3.05) is 12.8 Å². The third-order valence-electron chi connectivity index (χ3n) is 1.82. The molecule has 82 valence electrons. The molecule has 2 aromatic rings. The quantitative estimate of drug-likeness (QED) is 0.781. The zero-order valence-electron chi connectivity index (χ0n) is 8.38. The molecule has 0 saturated heterocycles. The van der Waals surface area contributed by atoms with Crippen LogP contribution in [-0.2, 0) is 4.74 Å². The van der Waals surface area contributed by atoms with Gasteiger partial charge in [0.2, 0.25) is 0 Å². The fraction of sp³-hybridized carbons (Fsp3) is 0.111. The van der Waals surface area contributed by atoms with Crippen LogP contribution in [0, 0.1) is 0 Å². The molecule has 0 radical (unpaired) electrons. The number of esters is 1. The molecule has 2 N–H and O–H groups in total. The molecular formula is C9H8N4O2S. The van der Waals surface area contributed by atoms with Crippen molar-refractivity contribution >= 4 is 22.4 Å². The molecule has 0 unspecified atom stereocenters. The zero-order chi connectivity index (χ0) is 11.5. The molecule has 0 fully saturated rings. The molecule has 0 bridgehead atoms. The van der Waals surface area contributed by atoms with E-state index >= 15 is 0 Å². The van der Waals surface area contributed by atoms with Crippen LogP contribution in [0.3, 0.4) is 0 Å². The van der Waals surface area contributed by atoms with Crippen LogP contribution >= 0.6 is 11.3 Å². The number of nitrogens with two attached hydrogens (primary N) is 1. The van der Waals surface area contributed by atoms with E-state index in [1.54, 1.807) is 6.20 Å². The third-order valence-corrected chi connectivity index (χ3v) is 2.67. The number of nitrogens with zero attached hydrogens (tertiary/aromatic N) is 3. The lowest BCUT2D eigenvalue weighted by molar-refractivity contribution is 0.0593. The Morgan fingerprint density at radius 2 is 2.12 bits per heavy atom. The molecule has 6 nitrogen and oxygen atoms in total. The summed E-state index contributed by atoms with van der Waals surface area (Å²) in [6, 6.07) is 0. The first-order valence-corrected chi connectivity index (χ1v) is 5.14. The summed E-state index contributed by atoms with van der Waals surface area (Å²) in [5.74, 6) is -0.511. The van der Waals surface area contributed by atoms with Crippen molar-refractivity contribution in [2.24, 2.45) is 0 Å². The minimum Gasteiger partial charge on any atom is -0.464 e. The smallest absolute Gasteiger partial charge is 0.358 e. The van der Waals surface area contributed by atoms with Crippen LogP contribution in [0.1, 0.15) is 10.5 Å². The highest BCUT2D eigenvalue weighted by Crippen LogP contribution is 2.24. The van der Waals surface area contributed by atoms with Crippen LogP contribution in [0.5, 0.6) is 0 Å². The Morgan fingerprint density at radius 3 is 2.62 bits per heavy atom. The number of rotatable bonds is 2. The van der Waals surface area contributed by atoms with E-state index in [4.69, 9.17) is 5.73 Å². The maximum Gasteiger partial charge on any atom is 0.358 e. The number of carbonyl (C=O) groups excluding carboxylic acids is 1. The summed E-state index contributed by atoms with van der Waals surface area (Å²) in [5, 5.41) is 0.467. The van der Waals surface area contributed by atoms with Gasteiger partial charge in [-0.3, -0.25) is 4.98 Å². The number of hydrogen-bond donors (Lipinski definition) is 1. The van der Waals surface area contributed by atoms with Gasteiger partial charge in [0.05, 0.1) is 24.4 Å². The molecule has 0 aliphatic rings. The van der Waals surface area contributed by atoms with Gasteiger partial charge in [-0.05, 0) is 0 Å². The molecule has 0 saturated carbocycles. The van der Waals surface area contributed by atoms with E-state index in [1.165, 1.54) is 30.8 Å². The SMILES string of the molecule is COC(=O)c1cnc(-c2cnc(N)s2)cn1.